The summed E-state index contributed by atoms with van der Waals surface area (Å²) >= 11 is 6.03. The fourth-order valence-corrected chi connectivity index (χ4v) is 5.06. The Bertz CT molecular complexity index is 313. The van der Waals surface area contributed by atoms with Crippen molar-refractivity contribution >= 4 is 31.9 Å². The molecule has 1 aliphatic heterocycles. The number of piperidine rings is 1. The van der Waals surface area contributed by atoms with Gasteiger partial charge in [-0.05, 0) is 6.42 Å². The van der Waals surface area contributed by atoms with E-state index in [1.165, 1.54) is 0 Å². The molecule has 2 bridgehead atoms. The van der Waals surface area contributed by atoms with Gasteiger partial charge in [0.2, 0.25) is 5.54 Å². The van der Waals surface area contributed by atoms with Crippen LogP contribution in [-0.4, -0.2) is 33.6 Å². The van der Waals surface area contributed by atoms with Gasteiger partial charge in [-0.15, -0.1) is 0 Å². The molecule has 0 spiro atoms. The van der Waals surface area contributed by atoms with Crippen molar-refractivity contribution in [2.45, 2.75) is 40.0 Å². The molecule has 1 aliphatic carbocycles. The zero-order valence-corrected chi connectivity index (χ0v) is 11.2. The van der Waals surface area contributed by atoms with Gasteiger partial charge in [-0.1, -0.05) is 31.9 Å². The highest BCUT2D eigenvalue weighted by atomic mass is 79.9. The van der Waals surface area contributed by atoms with Crippen LogP contribution in [0.25, 0.3) is 0 Å². The Balaban J connectivity index is 2.48. The molecule has 0 unspecified atom stereocenters. The second-order valence-electron chi connectivity index (χ2n) is 4.28. The maximum absolute atomic E-state index is 12.9. The topological polar surface area (TPSA) is 12.0 Å². The molecule has 0 aromatic heterocycles. The lowest BCUT2D eigenvalue weighted by Crippen LogP contribution is -2.70. The zero-order chi connectivity index (χ0) is 13.2. The SMILES string of the molecule is FC(F)(F)C1(C(F)(F)F)N[C@H]2[C@H](Br)[C@H]1C[C@H]2Br. The van der Waals surface area contributed by atoms with Crippen molar-refractivity contribution in [3.05, 3.63) is 0 Å². The summed E-state index contributed by atoms with van der Waals surface area (Å²) in [4.78, 5) is -1.22. The van der Waals surface area contributed by atoms with Crippen molar-refractivity contribution < 1.29 is 26.3 Å². The van der Waals surface area contributed by atoms with Crippen LogP contribution >= 0.6 is 31.9 Å². The van der Waals surface area contributed by atoms with E-state index in [1.807, 2.05) is 0 Å². The third-order valence-electron chi connectivity index (χ3n) is 3.44. The lowest BCUT2D eigenvalue weighted by Gasteiger charge is -2.41. The first-order valence-corrected chi connectivity index (χ1v) is 6.55. The standard InChI is InChI=1S/C8H7Br2F6N/c9-3-1-2-4(10)5(3)17-6(2,7(11,12)13)8(14,15)16/h2-5,17H,1H2/t2-,3-,4-,5-/m1/s1. The molecular formula is C8H7Br2F6N. The van der Waals surface area contributed by atoms with Crippen LogP contribution in [0, 0.1) is 5.92 Å². The molecule has 100 valence electrons. The van der Waals surface area contributed by atoms with Gasteiger partial charge in [-0.2, -0.15) is 26.3 Å². The van der Waals surface area contributed by atoms with Crippen LogP contribution in [0.1, 0.15) is 6.42 Å². The average molecular weight is 391 g/mol. The summed E-state index contributed by atoms with van der Waals surface area (Å²) in [6.45, 7) is 0. The Morgan fingerprint density at radius 3 is 1.71 bits per heavy atom. The average Bonchev–Trinajstić information content (AvgIpc) is 2.53. The molecule has 0 aromatic rings. The van der Waals surface area contributed by atoms with Crippen molar-refractivity contribution in [1.29, 1.82) is 0 Å². The molecule has 1 saturated heterocycles. The molecule has 1 heterocycles. The largest absolute Gasteiger partial charge is 0.415 e. The lowest BCUT2D eigenvalue weighted by molar-refractivity contribution is -0.318. The molecule has 2 fully saturated rings. The number of rotatable bonds is 0. The first kappa shape index (κ1) is 13.9. The molecule has 2 rings (SSSR count). The predicted octanol–water partition coefficient (Wildman–Crippen LogP) is 3.37. The van der Waals surface area contributed by atoms with E-state index >= 15 is 0 Å². The van der Waals surface area contributed by atoms with Gasteiger partial charge in [0.15, 0.2) is 0 Å². The Labute approximate surface area is 110 Å². The fourth-order valence-electron chi connectivity index (χ4n) is 2.67. The van der Waals surface area contributed by atoms with Crippen molar-refractivity contribution in [2.24, 2.45) is 5.92 Å². The number of hydrogen-bond donors (Lipinski definition) is 1. The van der Waals surface area contributed by atoms with Gasteiger partial charge in [0.05, 0.1) is 0 Å². The summed E-state index contributed by atoms with van der Waals surface area (Å²) in [5.41, 5.74) is -3.79. The Morgan fingerprint density at radius 2 is 1.47 bits per heavy atom. The third-order valence-corrected chi connectivity index (χ3v) is 5.59. The summed E-state index contributed by atoms with van der Waals surface area (Å²) in [6, 6.07) is -0.872. The van der Waals surface area contributed by atoms with E-state index in [0.717, 1.165) is 0 Å². The quantitative estimate of drug-likeness (QED) is 0.494. The fraction of sp³-hybridized carbons (Fsp3) is 1.00. The number of nitrogens with one attached hydrogen (secondary N) is 1. The van der Waals surface area contributed by atoms with Gasteiger partial charge in [0, 0.05) is 21.6 Å². The van der Waals surface area contributed by atoms with Crippen LogP contribution in [0.5, 0.6) is 0 Å². The van der Waals surface area contributed by atoms with E-state index in [4.69, 9.17) is 0 Å². The molecule has 4 atom stereocenters. The van der Waals surface area contributed by atoms with Gasteiger partial charge in [-0.25, -0.2) is 0 Å². The van der Waals surface area contributed by atoms with Gasteiger partial charge in [-0.3, -0.25) is 5.32 Å². The van der Waals surface area contributed by atoms with Crippen molar-refractivity contribution in [1.82, 2.24) is 5.32 Å². The van der Waals surface area contributed by atoms with Gasteiger partial charge >= 0.3 is 12.4 Å². The number of hydrogen-bond acceptors (Lipinski definition) is 1. The molecule has 2 aliphatic rings. The molecule has 1 nitrogen and oxygen atoms in total. The predicted molar refractivity (Wildman–Crippen MR) is 55.3 cm³/mol. The minimum Gasteiger partial charge on any atom is -0.291 e. The van der Waals surface area contributed by atoms with Crippen LogP contribution in [0.4, 0.5) is 26.3 Å². The summed E-state index contributed by atoms with van der Waals surface area (Å²) in [6.07, 6.45) is -10.9. The highest BCUT2D eigenvalue weighted by Crippen LogP contribution is 2.59. The van der Waals surface area contributed by atoms with Crippen LogP contribution in [0.15, 0.2) is 0 Å². The van der Waals surface area contributed by atoms with Crippen LogP contribution in [-0.2, 0) is 0 Å². The normalized spacial score (nSPS) is 40.9. The second-order valence-corrected chi connectivity index (χ2v) is 6.51. The van der Waals surface area contributed by atoms with Gasteiger partial charge in [0.1, 0.15) is 0 Å². The highest BCUT2D eigenvalue weighted by Gasteiger charge is 2.81. The van der Waals surface area contributed by atoms with Crippen molar-refractivity contribution in [3.63, 3.8) is 0 Å². The second kappa shape index (κ2) is 3.75. The van der Waals surface area contributed by atoms with E-state index in [9.17, 15) is 26.3 Å². The summed E-state index contributed by atoms with van der Waals surface area (Å²) < 4.78 is 77.1. The van der Waals surface area contributed by atoms with E-state index in [2.05, 4.69) is 31.9 Å². The number of fused-ring (bicyclic) bond motifs is 2. The Kier molecular flexibility index (Phi) is 3.07. The Morgan fingerprint density at radius 1 is 1.00 bits per heavy atom. The maximum Gasteiger partial charge on any atom is 0.415 e. The van der Waals surface area contributed by atoms with Crippen molar-refractivity contribution in [3.8, 4) is 0 Å². The summed E-state index contributed by atoms with van der Waals surface area (Å²) in [7, 11) is 0. The van der Waals surface area contributed by atoms with Crippen LogP contribution in [0.2, 0.25) is 0 Å². The Hall–Kier alpha value is 0.500. The first-order valence-electron chi connectivity index (χ1n) is 4.71. The van der Waals surface area contributed by atoms with Crippen molar-refractivity contribution in [2.75, 3.05) is 0 Å². The minimum atomic E-state index is -5.36. The maximum atomic E-state index is 12.9. The van der Waals surface area contributed by atoms with Crippen LogP contribution in [0.3, 0.4) is 0 Å². The number of halogens is 8. The van der Waals surface area contributed by atoms with Crippen LogP contribution < -0.4 is 5.32 Å². The van der Waals surface area contributed by atoms with Gasteiger partial charge < -0.3 is 0 Å². The molecule has 17 heavy (non-hydrogen) atoms. The van der Waals surface area contributed by atoms with E-state index in [0.29, 0.717) is 0 Å². The molecule has 0 amide bonds. The van der Waals surface area contributed by atoms with E-state index < -0.39 is 34.7 Å². The zero-order valence-electron chi connectivity index (χ0n) is 8.04. The molecule has 1 saturated carbocycles. The summed E-state index contributed by atoms with van der Waals surface area (Å²) in [5.74, 6) is -1.54. The third kappa shape index (κ3) is 1.68. The molecule has 1 N–H and O–H groups in total. The minimum absolute atomic E-state index is 0.160. The molecule has 0 radical (unpaired) electrons. The summed E-state index contributed by atoms with van der Waals surface area (Å²) in [5, 5.41) is 1.74. The number of alkyl halides is 8. The lowest BCUT2D eigenvalue weighted by atomic mass is 9.82. The highest BCUT2D eigenvalue weighted by molar-refractivity contribution is 9.10. The monoisotopic (exact) mass is 389 g/mol. The molecule has 0 aromatic carbocycles. The smallest absolute Gasteiger partial charge is 0.291 e. The molecular weight excluding hydrogens is 384 g/mol. The first-order chi connectivity index (χ1) is 7.52. The molecule has 9 heteroatoms. The van der Waals surface area contributed by atoms with E-state index in [1.54, 1.807) is 5.32 Å². The van der Waals surface area contributed by atoms with Gasteiger partial charge in [0.25, 0.3) is 0 Å². The van der Waals surface area contributed by atoms with E-state index in [-0.39, 0.29) is 11.2 Å².